The maximum atomic E-state index is 13.5. The van der Waals surface area contributed by atoms with Crippen LogP contribution in [0.5, 0.6) is 11.5 Å². The van der Waals surface area contributed by atoms with Gasteiger partial charge < -0.3 is 9.05 Å². The van der Waals surface area contributed by atoms with E-state index in [9.17, 15) is 13.2 Å². The van der Waals surface area contributed by atoms with Gasteiger partial charge >= 0.3 is 15.0 Å². The first kappa shape index (κ1) is 30.4. The minimum Gasteiger partial charge on any atom is -0.417 e. The summed E-state index contributed by atoms with van der Waals surface area (Å²) in [6.45, 7) is 24.5. The van der Waals surface area contributed by atoms with Gasteiger partial charge in [-0.1, -0.05) is 107 Å². The zero-order valence-electron chi connectivity index (χ0n) is 23.8. The third-order valence-electron chi connectivity index (χ3n) is 5.83. The van der Waals surface area contributed by atoms with Crippen LogP contribution in [0.3, 0.4) is 0 Å². The maximum absolute atomic E-state index is 13.5. The lowest BCUT2D eigenvalue weighted by Crippen LogP contribution is -2.20. The molecule has 0 amide bonds. The fourth-order valence-corrected chi connectivity index (χ4v) is 4.55. The minimum atomic E-state index is -4.92. The zero-order valence-corrected chi connectivity index (χ0v) is 24.7. The zero-order chi connectivity index (χ0) is 27.9. The van der Waals surface area contributed by atoms with E-state index in [1.165, 1.54) is 0 Å². The van der Waals surface area contributed by atoms with Gasteiger partial charge in [-0.15, -0.1) is 13.2 Å². The van der Waals surface area contributed by atoms with E-state index in [0.29, 0.717) is 11.5 Å². The van der Waals surface area contributed by atoms with E-state index in [1.54, 1.807) is 12.1 Å². The topological polar surface area (TPSA) is 27.7 Å². The highest BCUT2D eigenvalue weighted by Gasteiger charge is 2.40. The second kappa shape index (κ2) is 10.2. The van der Waals surface area contributed by atoms with Gasteiger partial charge in [-0.05, 0) is 44.9 Å². The van der Waals surface area contributed by atoms with Crippen molar-refractivity contribution < 1.29 is 26.7 Å². The van der Waals surface area contributed by atoms with E-state index >= 15 is 0 Å². The van der Waals surface area contributed by atoms with Crippen molar-refractivity contribution in [1.29, 1.82) is 0 Å². The molecule has 0 aliphatic heterocycles. The Hall–Kier alpha value is -1.78. The number of hydrogen-bond donors (Lipinski definition) is 0. The standard InChI is InChI=1S/C29H42F3O3P/c1-25(2,3)19-13-15-23(21(17-19)27(7,8)9)33-36(35-29(30,31)32)34-24-16-14-20(26(4,5)6)18-22(24)28(10,11)12/h13-18H,1-12H3. The van der Waals surface area contributed by atoms with Crippen LogP contribution < -0.4 is 9.05 Å². The number of hydrogen-bond acceptors (Lipinski definition) is 3. The Morgan fingerprint density at radius 3 is 1.11 bits per heavy atom. The Kier molecular flexibility index (Phi) is 8.60. The predicted molar refractivity (Wildman–Crippen MR) is 143 cm³/mol. The minimum absolute atomic E-state index is 0.126. The lowest BCUT2D eigenvalue weighted by Gasteiger charge is -2.30. The van der Waals surface area contributed by atoms with Gasteiger partial charge in [0.15, 0.2) is 0 Å². The van der Waals surface area contributed by atoms with Gasteiger partial charge in [-0.25, -0.2) is 0 Å². The lowest BCUT2D eigenvalue weighted by atomic mass is 9.80. The Morgan fingerprint density at radius 2 is 0.861 bits per heavy atom. The summed E-state index contributed by atoms with van der Waals surface area (Å²) in [5, 5.41) is 0. The Labute approximate surface area is 216 Å². The average molecular weight is 527 g/mol. The molecule has 0 saturated carbocycles. The molecule has 202 valence electrons. The summed E-state index contributed by atoms with van der Waals surface area (Å²) in [5.74, 6) is 0.629. The van der Waals surface area contributed by atoms with Crippen molar-refractivity contribution in [3.05, 3.63) is 58.7 Å². The molecule has 0 heterocycles. The first-order chi connectivity index (χ1) is 16.0. The Morgan fingerprint density at radius 1 is 0.528 bits per heavy atom. The molecule has 2 rings (SSSR count). The van der Waals surface area contributed by atoms with Gasteiger partial charge in [0.25, 0.3) is 0 Å². The fourth-order valence-electron chi connectivity index (χ4n) is 3.63. The van der Waals surface area contributed by atoms with E-state index in [1.807, 2.05) is 65.8 Å². The Balaban J connectivity index is 2.57. The second-order valence-electron chi connectivity index (χ2n) is 13.4. The SMILES string of the molecule is CC(C)(C)c1ccc(OP(Oc2ccc(C(C)(C)C)cc2C(C)(C)C)OC(F)(F)F)c(C(C)(C)C)c1. The van der Waals surface area contributed by atoms with Crippen LogP contribution in [0.2, 0.25) is 0 Å². The largest absolute Gasteiger partial charge is 0.530 e. The molecule has 0 aromatic heterocycles. The van der Waals surface area contributed by atoms with Crippen LogP contribution >= 0.6 is 8.60 Å². The van der Waals surface area contributed by atoms with Crippen molar-refractivity contribution in [3.8, 4) is 11.5 Å². The van der Waals surface area contributed by atoms with Crippen molar-refractivity contribution in [2.45, 2.75) is 111 Å². The van der Waals surface area contributed by atoms with Crippen LogP contribution in [0.25, 0.3) is 0 Å². The molecular weight excluding hydrogens is 484 g/mol. The third-order valence-corrected chi connectivity index (χ3v) is 6.88. The van der Waals surface area contributed by atoms with Gasteiger partial charge in [-0.3, -0.25) is 0 Å². The maximum Gasteiger partial charge on any atom is 0.530 e. The molecule has 0 saturated heterocycles. The summed E-state index contributed by atoms with van der Waals surface area (Å²) in [6, 6.07) is 11.2. The fraction of sp³-hybridized carbons (Fsp3) is 0.586. The molecule has 0 fully saturated rings. The van der Waals surface area contributed by atoms with Crippen LogP contribution in [-0.4, -0.2) is 6.36 Å². The van der Waals surface area contributed by atoms with Gasteiger partial charge in [-0.2, -0.15) is 4.52 Å². The molecule has 7 heteroatoms. The highest BCUT2D eigenvalue weighted by Crippen LogP contribution is 2.50. The second-order valence-corrected chi connectivity index (χ2v) is 14.4. The number of alkyl halides is 3. The molecule has 0 bridgehead atoms. The van der Waals surface area contributed by atoms with E-state index in [2.05, 4.69) is 46.1 Å². The number of benzene rings is 2. The van der Waals surface area contributed by atoms with E-state index < -0.39 is 15.0 Å². The van der Waals surface area contributed by atoms with E-state index in [4.69, 9.17) is 9.05 Å². The molecule has 3 nitrogen and oxygen atoms in total. The smallest absolute Gasteiger partial charge is 0.417 e. The summed E-state index contributed by atoms with van der Waals surface area (Å²) >= 11 is 0. The summed E-state index contributed by atoms with van der Waals surface area (Å²) in [5.41, 5.74) is 2.70. The number of rotatable bonds is 5. The van der Waals surface area contributed by atoms with Crippen molar-refractivity contribution in [2.24, 2.45) is 0 Å². The van der Waals surface area contributed by atoms with Gasteiger partial charge in [0.1, 0.15) is 11.5 Å². The molecule has 0 radical (unpaired) electrons. The van der Waals surface area contributed by atoms with Crippen molar-refractivity contribution in [3.63, 3.8) is 0 Å². The van der Waals surface area contributed by atoms with Crippen LogP contribution in [0, 0.1) is 0 Å². The third kappa shape index (κ3) is 8.38. The molecular formula is C29H42F3O3P. The summed E-state index contributed by atoms with van der Waals surface area (Å²) in [4.78, 5) is 0. The van der Waals surface area contributed by atoms with Crippen LogP contribution in [0.15, 0.2) is 36.4 Å². The molecule has 0 unspecified atom stereocenters. The first-order valence-electron chi connectivity index (χ1n) is 12.2. The molecule has 2 aromatic rings. The molecule has 0 aliphatic rings. The summed E-state index contributed by atoms with van der Waals surface area (Å²) in [6.07, 6.45) is -4.92. The lowest BCUT2D eigenvalue weighted by molar-refractivity contribution is -0.276. The average Bonchev–Trinajstić information content (AvgIpc) is 2.63. The summed E-state index contributed by atoms with van der Waals surface area (Å²) < 4.78 is 56.5. The highest BCUT2D eigenvalue weighted by atomic mass is 31.2. The van der Waals surface area contributed by atoms with Crippen LogP contribution in [0.4, 0.5) is 13.2 Å². The van der Waals surface area contributed by atoms with Crippen LogP contribution in [-0.2, 0) is 26.2 Å². The predicted octanol–water partition coefficient (Wildman–Crippen LogP) is 10.1. The normalized spacial score (nSPS) is 13.8. The van der Waals surface area contributed by atoms with Gasteiger partial charge in [0, 0.05) is 11.1 Å². The summed E-state index contributed by atoms with van der Waals surface area (Å²) in [7, 11) is -2.83. The van der Waals surface area contributed by atoms with Gasteiger partial charge in [0.05, 0.1) is 0 Å². The molecule has 0 N–H and O–H groups in total. The van der Waals surface area contributed by atoms with Crippen molar-refractivity contribution >= 4 is 8.60 Å². The molecule has 0 aliphatic carbocycles. The van der Waals surface area contributed by atoms with E-state index in [-0.39, 0.29) is 21.7 Å². The Bertz CT molecular complexity index is 972. The first-order valence-corrected chi connectivity index (χ1v) is 13.3. The van der Waals surface area contributed by atoms with E-state index in [0.717, 1.165) is 22.3 Å². The molecule has 0 spiro atoms. The molecule has 36 heavy (non-hydrogen) atoms. The number of halogens is 3. The van der Waals surface area contributed by atoms with Crippen LogP contribution in [0.1, 0.15) is 105 Å². The van der Waals surface area contributed by atoms with Crippen molar-refractivity contribution in [2.75, 3.05) is 0 Å². The molecule has 0 atom stereocenters. The monoisotopic (exact) mass is 526 g/mol. The molecule has 2 aromatic carbocycles. The quantitative estimate of drug-likeness (QED) is 0.363. The van der Waals surface area contributed by atoms with Gasteiger partial charge in [0.2, 0.25) is 0 Å². The highest BCUT2D eigenvalue weighted by molar-refractivity contribution is 7.42. The van der Waals surface area contributed by atoms with Crippen molar-refractivity contribution in [1.82, 2.24) is 0 Å².